The Hall–Kier alpha value is -1.60. The average molecular weight is 331 g/mol. The molecule has 0 aliphatic carbocycles. The van der Waals surface area contributed by atoms with E-state index in [0.29, 0.717) is 4.47 Å². The number of hydrogen-bond donors (Lipinski definition) is 3. The lowest BCUT2D eigenvalue weighted by Crippen LogP contribution is -2.40. The molecule has 0 saturated heterocycles. The number of benzene rings is 1. The average Bonchev–Trinajstić information content (AvgIpc) is 2.36. The van der Waals surface area contributed by atoms with Gasteiger partial charge in [0.2, 0.25) is 0 Å². The second-order valence-corrected chi connectivity index (χ2v) is 4.98. The van der Waals surface area contributed by atoms with Crippen LogP contribution in [0.15, 0.2) is 22.7 Å². The molecule has 1 unspecified atom stereocenters. The molecule has 6 nitrogen and oxygen atoms in total. The summed E-state index contributed by atoms with van der Waals surface area (Å²) in [5, 5.41) is 20.5. The molecule has 0 aliphatic rings. The number of aromatic carboxylic acids is 1. The second kappa shape index (κ2) is 6.53. The third-order valence-corrected chi connectivity index (χ3v) is 3.19. The van der Waals surface area contributed by atoms with E-state index in [1.165, 1.54) is 24.1 Å². The van der Waals surface area contributed by atoms with Crippen LogP contribution >= 0.6 is 15.9 Å². The molecule has 0 fully saturated rings. The lowest BCUT2D eigenvalue weighted by molar-refractivity contribution is 0.0698. The Bertz CT molecular complexity index is 493. The van der Waals surface area contributed by atoms with Crippen molar-refractivity contribution in [2.75, 3.05) is 19.0 Å². The quantitative estimate of drug-likeness (QED) is 0.787. The van der Waals surface area contributed by atoms with Crippen LogP contribution in [0, 0.1) is 0 Å². The van der Waals surface area contributed by atoms with Crippen molar-refractivity contribution >= 4 is 33.6 Å². The number of nitrogens with zero attached hydrogens (tertiary/aromatic N) is 1. The minimum atomic E-state index is -1.12. The van der Waals surface area contributed by atoms with Gasteiger partial charge in [0.15, 0.2) is 0 Å². The highest BCUT2D eigenvalue weighted by molar-refractivity contribution is 9.10. The normalized spacial score (nSPS) is 11.8. The van der Waals surface area contributed by atoms with Crippen molar-refractivity contribution in [2.45, 2.75) is 13.0 Å². The van der Waals surface area contributed by atoms with Gasteiger partial charge >= 0.3 is 12.0 Å². The van der Waals surface area contributed by atoms with Gasteiger partial charge in [0, 0.05) is 11.5 Å². The molecule has 0 aliphatic heterocycles. The summed E-state index contributed by atoms with van der Waals surface area (Å²) in [5.74, 6) is -1.12. The maximum absolute atomic E-state index is 11.9. The fourth-order valence-electron chi connectivity index (χ4n) is 1.33. The first kappa shape index (κ1) is 15.5. The molecule has 7 heteroatoms. The minimum absolute atomic E-state index is 0.00148. The fraction of sp³-hybridized carbons (Fsp3) is 0.333. The van der Waals surface area contributed by atoms with Crippen LogP contribution in [0.1, 0.15) is 17.3 Å². The highest BCUT2D eigenvalue weighted by Gasteiger charge is 2.18. The summed E-state index contributed by atoms with van der Waals surface area (Å²) in [7, 11) is 1.52. The molecule has 0 bridgehead atoms. The smallest absolute Gasteiger partial charge is 0.337 e. The predicted octanol–water partition coefficient (Wildman–Crippen LogP) is 1.99. The molecule has 1 rings (SSSR count). The monoisotopic (exact) mass is 330 g/mol. The summed E-state index contributed by atoms with van der Waals surface area (Å²) in [6.07, 6.45) is 0. The number of likely N-dealkylation sites (N-methyl/N-ethyl adjacent to an activating group) is 1. The number of halogens is 1. The van der Waals surface area contributed by atoms with Crippen LogP contribution in [0.2, 0.25) is 0 Å². The number of carboxylic acids is 1. The van der Waals surface area contributed by atoms with E-state index in [1.807, 2.05) is 0 Å². The number of carbonyl (C=O) groups excluding carboxylic acids is 1. The van der Waals surface area contributed by atoms with Gasteiger partial charge in [-0.3, -0.25) is 0 Å². The number of rotatable bonds is 4. The van der Waals surface area contributed by atoms with Crippen LogP contribution in [0.3, 0.4) is 0 Å². The molecule has 0 heterocycles. The molecule has 2 amide bonds. The van der Waals surface area contributed by atoms with Gasteiger partial charge in [0.05, 0.1) is 23.9 Å². The van der Waals surface area contributed by atoms with Gasteiger partial charge in [0.25, 0.3) is 0 Å². The molecular weight excluding hydrogens is 316 g/mol. The molecule has 19 heavy (non-hydrogen) atoms. The third kappa shape index (κ3) is 3.93. The van der Waals surface area contributed by atoms with Crippen molar-refractivity contribution in [1.29, 1.82) is 0 Å². The number of aliphatic hydroxyl groups is 1. The van der Waals surface area contributed by atoms with Gasteiger partial charge in [-0.15, -0.1) is 0 Å². The number of carbonyl (C=O) groups is 2. The number of urea groups is 1. The van der Waals surface area contributed by atoms with Gasteiger partial charge in [0.1, 0.15) is 0 Å². The number of nitrogens with one attached hydrogen (secondary N) is 1. The number of aliphatic hydroxyl groups excluding tert-OH is 1. The highest BCUT2D eigenvalue weighted by Crippen LogP contribution is 2.22. The van der Waals surface area contributed by atoms with Crippen LogP contribution in [0.25, 0.3) is 0 Å². The SMILES string of the molecule is CC(CO)N(C)C(=O)Nc1cc(Br)ccc1C(=O)O. The van der Waals surface area contributed by atoms with E-state index in [4.69, 9.17) is 10.2 Å². The van der Waals surface area contributed by atoms with Gasteiger partial charge < -0.3 is 20.4 Å². The van der Waals surface area contributed by atoms with E-state index >= 15 is 0 Å². The highest BCUT2D eigenvalue weighted by atomic mass is 79.9. The van der Waals surface area contributed by atoms with E-state index < -0.39 is 12.0 Å². The van der Waals surface area contributed by atoms with Gasteiger partial charge in [-0.25, -0.2) is 9.59 Å². The molecule has 0 saturated carbocycles. The van der Waals surface area contributed by atoms with Crippen LogP contribution in [0.4, 0.5) is 10.5 Å². The van der Waals surface area contributed by atoms with Crippen LogP contribution in [-0.4, -0.2) is 46.8 Å². The molecular formula is C12H15BrN2O4. The van der Waals surface area contributed by atoms with E-state index in [2.05, 4.69) is 21.2 Å². The van der Waals surface area contributed by atoms with Crippen molar-refractivity contribution in [1.82, 2.24) is 4.90 Å². The van der Waals surface area contributed by atoms with Gasteiger partial charge in [-0.1, -0.05) is 15.9 Å². The Morgan fingerprint density at radius 1 is 1.47 bits per heavy atom. The second-order valence-electron chi connectivity index (χ2n) is 4.07. The van der Waals surface area contributed by atoms with Gasteiger partial charge in [-0.2, -0.15) is 0 Å². The van der Waals surface area contributed by atoms with Crippen LogP contribution in [0.5, 0.6) is 0 Å². The molecule has 3 N–H and O–H groups in total. The maximum atomic E-state index is 11.9. The van der Waals surface area contributed by atoms with Crippen LogP contribution in [-0.2, 0) is 0 Å². The van der Waals surface area contributed by atoms with Crippen molar-refractivity contribution in [3.05, 3.63) is 28.2 Å². The zero-order chi connectivity index (χ0) is 14.6. The van der Waals surface area contributed by atoms with Crippen molar-refractivity contribution < 1.29 is 19.8 Å². The summed E-state index contributed by atoms with van der Waals surface area (Å²) in [6.45, 7) is 1.51. The zero-order valence-electron chi connectivity index (χ0n) is 10.6. The van der Waals surface area contributed by atoms with Crippen molar-refractivity contribution in [2.24, 2.45) is 0 Å². The van der Waals surface area contributed by atoms with E-state index in [-0.39, 0.29) is 23.9 Å². The lowest BCUT2D eigenvalue weighted by atomic mass is 10.2. The number of carboxylic acid groups (broad SMARTS) is 1. The Morgan fingerprint density at radius 2 is 2.11 bits per heavy atom. The van der Waals surface area contributed by atoms with Gasteiger partial charge in [-0.05, 0) is 25.1 Å². The van der Waals surface area contributed by atoms with Crippen molar-refractivity contribution in [3.8, 4) is 0 Å². The molecule has 1 atom stereocenters. The molecule has 104 valence electrons. The molecule has 1 aromatic rings. The largest absolute Gasteiger partial charge is 0.478 e. The lowest BCUT2D eigenvalue weighted by Gasteiger charge is -2.23. The number of anilines is 1. The Labute approximate surface area is 119 Å². The summed E-state index contributed by atoms with van der Waals surface area (Å²) in [5.41, 5.74) is 0.200. The maximum Gasteiger partial charge on any atom is 0.337 e. The third-order valence-electron chi connectivity index (χ3n) is 2.70. The molecule has 0 radical (unpaired) electrons. The predicted molar refractivity (Wildman–Crippen MR) is 74.4 cm³/mol. The number of amides is 2. The number of hydrogen-bond acceptors (Lipinski definition) is 3. The Balaban J connectivity index is 2.95. The standard InChI is InChI=1S/C12H15BrN2O4/c1-7(6-16)15(2)12(19)14-10-5-8(13)3-4-9(10)11(17)18/h3-5,7,16H,6H2,1-2H3,(H,14,19)(H,17,18). The summed E-state index contributed by atoms with van der Waals surface area (Å²) >= 11 is 3.22. The zero-order valence-corrected chi connectivity index (χ0v) is 12.1. The fourth-order valence-corrected chi connectivity index (χ4v) is 1.69. The molecule has 0 aromatic heterocycles. The molecule has 0 spiro atoms. The first-order chi connectivity index (χ1) is 8.86. The van der Waals surface area contributed by atoms with Crippen LogP contribution < -0.4 is 5.32 Å². The van der Waals surface area contributed by atoms with E-state index in [9.17, 15) is 9.59 Å². The summed E-state index contributed by atoms with van der Waals surface area (Å²) < 4.78 is 0.658. The topological polar surface area (TPSA) is 89.9 Å². The summed E-state index contributed by atoms with van der Waals surface area (Å²) in [6, 6.07) is 3.65. The minimum Gasteiger partial charge on any atom is -0.478 e. The van der Waals surface area contributed by atoms with E-state index in [1.54, 1.807) is 13.0 Å². The summed E-state index contributed by atoms with van der Waals surface area (Å²) in [4.78, 5) is 24.2. The molecule has 1 aromatic carbocycles. The van der Waals surface area contributed by atoms with E-state index in [0.717, 1.165) is 0 Å². The Kier molecular flexibility index (Phi) is 5.31. The first-order valence-corrected chi connectivity index (χ1v) is 6.33. The van der Waals surface area contributed by atoms with Crippen molar-refractivity contribution in [3.63, 3.8) is 0 Å². The first-order valence-electron chi connectivity index (χ1n) is 5.54. The Morgan fingerprint density at radius 3 is 2.63 bits per heavy atom.